The minimum Gasteiger partial charge on any atom is -0.384 e. The van der Waals surface area contributed by atoms with Gasteiger partial charge in [-0.3, -0.25) is 4.68 Å². The van der Waals surface area contributed by atoms with Gasteiger partial charge in [0.1, 0.15) is 23.8 Å². The van der Waals surface area contributed by atoms with Crippen LogP contribution in [-0.2, 0) is 6.54 Å². The van der Waals surface area contributed by atoms with E-state index in [1.165, 1.54) is 18.5 Å². The fraction of sp³-hybridized carbons (Fsp3) is 0.0476. The van der Waals surface area contributed by atoms with Gasteiger partial charge in [-0.15, -0.1) is 0 Å². The van der Waals surface area contributed by atoms with Crippen molar-refractivity contribution in [1.29, 1.82) is 0 Å². The number of hydrogen-bond acceptors (Lipinski definition) is 6. The second-order valence-electron chi connectivity index (χ2n) is 6.68. The highest BCUT2D eigenvalue weighted by Crippen LogP contribution is 2.26. The Morgan fingerprint density at radius 2 is 1.93 bits per heavy atom. The summed E-state index contributed by atoms with van der Waals surface area (Å²) < 4.78 is 15.3. The van der Waals surface area contributed by atoms with Gasteiger partial charge in [-0.2, -0.15) is 5.10 Å². The molecule has 8 heteroatoms. The molecule has 0 fully saturated rings. The van der Waals surface area contributed by atoms with E-state index in [0.29, 0.717) is 23.7 Å². The van der Waals surface area contributed by atoms with Crippen LogP contribution in [0.2, 0.25) is 0 Å². The first-order valence-corrected chi connectivity index (χ1v) is 8.99. The van der Waals surface area contributed by atoms with Gasteiger partial charge < -0.3 is 11.1 Å². The van der Waals surface area contributed by atoms with Crippen LogP contribution in [0, 0.1) is 5.82 Å². The predicted octanol–water partition coefficient (Wildman–Crippen LogP) is 3.89. The van der Waals surface area contributed by atoms with Crippen LogP contribution in [0.15, 0.2) is 67.3 Å². The maximum absolute atomic E-state index is 13.4. The van der Waals surface area contributed by atoms with Crippen LogP contribution in [0.1, 0.15) is 5.56 Å². The molecule has 0 aliphatic carbocycles. The zero-order valence-electron chi connectivity index (χ0n) is 15.2. The molecule has 0 saturated carbocycles. The summed E-state index contributed by atoms with van der Waals surface area (Å²) in [5.74, 6) is 0.804. The van der Waals surface area contributed by atoms with E-state index in [-0.39, 0.29) is 5.82 Å². The summed E-state index contributed by atoms with van der Waals surface area (Å²) in [6.07, 6.45) is 4.90. The van der Waals surface area contributed by atoms with E-state index in [1.54, 1.807) is 24.5 Å². The van der Waals surface area contributed by atoms with Gasteiger partial charge in [0, 0.05) is 16.5 Å². The Morgan fingerprint density at radius 1 is 1.00 bits per heavy atom. The van der Waals surface area contributed by atoms with Crippen LogP contribution in [-0.4, -0.2) is 24.7 Å². The van der Waals surface area contributed by atoms with E-state index in [9.17, 15) is 4.39 Å². The van der Waals surface area contributed by atoms with Gasteiger partial charge in [0.25, 0.3) is 0 Å². The molecule has 0 saturated heterocycles. The van der Waals surface area contributed by atoms with Crippen molar-refractivity contribution in [2.45, 2.75) is 6.54 Å². The topological polar surface area (TPSA) is 94.5 Å². The molecule has 3 aromatic heterocycles. The van der Waals surface area contributed by atoms with E-state index in [1.807, 2.05) is 28.9 Å². The number of anilines is 3. The predicted molar refractivity (Wildman–Crippen MR) is 110 cm³/mol. The van der Waals surface area contributed by atoms with Gasteiger partial charge in [-0.05, 0) is 42.0 Å². The standard InChI is InChI=1S/C21H16FN7/c22-15-3-1-2-13(6-15)11-29-19-5-4-16(7-14(19)9-27-29)28-21-17-8-20(23)24-10-18(17)25-12-26-21/h1-10,12H,11H2,(H2,23,24)(H,25,26,28). The van der Waals surface area contributed by atoms with E-state index in [2.05, 4.69) is 25.4 Å². The molecule has 0 unspecified atom stereocenters. The molecule has 0 aliphatic rings. The maximum atomic E-state index is 13.4. The summed E-state index contributed by atoms with van der Waals surface area (Å²) in [6.45, 7) is 0.497. The van der Waals surface area contributed by atoms with Gasteiger partial charge in [-0.1, -0.05) is 12.1 Å². The number of nitrogens with two attached hydrogens (primary N) is 1. The molecule has 0 bridgehead atoms. The van der Waals surface area contributed by atoms with Crippen LogP contribution >= 0.6 is 0 Å². The van der Waals surface area contributed by atoms with Crippen LogP contribution in [0.5, 0.6) is 0 Å². The van der Waals surface area contributed by atoms with Gasteiger partial charge in [0.05, 0.1) is 30.0 Å². The van der Waals surface area contributed by atoms with Crippen molar-refractivity contribution in [2.24, 2.45) is 0 Å². The number of pyridine rings is 1. The minimum atomic E-state index is -0.252. The van der Waals surface area contributed by atoms with Gasteiger partial charge >= 0.3 is 0 Å². The molecule has 5 rings (SSSR count). The molecular formula is C21H16FN7. The minimum absolute atomic E-state index is 0.252. The second kappa shape index (κ2) is 6.83. The average Bonchev–Trinajstić information content (AvgIpc) is 3.10. The number of nitrogens with zero attached hydrogens (tertiary/aromatic N) is 5. The molecule has 3 heterocycles. The Bertz CT molecular complexity index is 1350. The van der Waals surface area contributed by atoms with Crippen LogP contribution < -0.4 is 11.1 Å². The highest BCUT2D eigenvalue weighted by molar-refractivity contribution is 5.92. The maximum Gasteiger partial charge on any atom is 0.141 e. The molecule has 142 valence electrons. The number of nitrogen functional groups attached to an aromatic ring is 1. The number of halogens is 1. The Balaban J connectivity index is 1.46. The zero-order valence-corrected chi connectivity index (χ0v) is 15.2. The Kier molecular flexibility index (Phi) is 4.02. The quantitative estimate of drug-likeness (QED) is 0.487. The van der Waals surface area contributed by atoms with E-state index in [0.717, 1.165) is 27.5 Å². The summed E-state index contributed by atoms with van der Waals surface area (Å²) in [5, 5.41) is 9.51. The summed E-state index contributed by atoms with van der Waals surface area (Å²) in [5.41, 5.74) is 9.19. The lowest BCUT2D eigenvalue weighted by molar-refractivity contribution is 0.621. The SMILES string of the molecule is Nc1cc2c(Nc3ccc4c(cnn4Cc4cccc(F)c4)c3)ncnc2cn1. The molecule has 0 aliphatic heterocycles. The molecule has 0 spiro atoms. The van der Waals surface area contributed by atoms with Gasteiger partial charge in [-0.25, -0.2) is 19.3 Å². The van der Waals surface area contributed by atoms with Crippen molar-refractivity contribution in [3.05, 3.63) is 78.6 Å². The van der Waals surface area contributed by atoms with Crippen LogP contribution in [0.25, 0.3) is 21.8 Å². The molecule has 0 atom stereocenters. The fourth-order valence-corrected chi connectivity index (χ4v) is 3.31. The third kappa shape index (κ3) is 3.31. The number of fused-ring (bicyclic) bond motifs is 2. The molecular weight excluding hydrogens is 369 g/mol. The van der Waals surface area contributed by atoms with E-state index in [4.69, 9.17) is 5.73 Å². The monoisotopic (exact) mass is 385 g/mol. The second-order valence-corrected chi connectivity index (χ2v) is 6.68. The lowest BCUT2D eigenvalue weighted by atomic mass is 10.2. The zero-order chi connectivity index (χ0) is 19.8. The van der Waals surface area contributed by atoms with Gasteiger partial charge in [0.15, 0.2) is 0 Å². The van der Waals surface area contributed by atoms with E-state index >= 15 is 0 Å². The smallest absolute Gasteiger partial charge is 0.141 e. The molecule has 29 heavy (non-hydrogen) atoms. The molecule has 7 nitrogen and oxygen atoms in total. The molecule has 0 amide bonds. The third-order valence-corrected chi connectivity index (χ3v) is 4.67. The summed E-state index contributed by atoms with van der Waals surface area (Å²) in [7, 11) is 0. The number of aromatic nitrogens is 5. The Hall–Kier alpha value is -4.07. The lowest BCUT2D eigenvalue weighted by Crippen LogP contribution is -2.01. The normalized spacial score (nSPS) is 11.2. The van der Waals surface area contributed by atoms with Gasteiger partial charge in [0.2, 0.25) is 0 Å². The van der Waals surface area contributed by atoms with Crippen LogP contribution in [0.4, 0.5) is 21.7 Å². The van der Waals surface area contributed by atoms with Crippen molar-refractivity contribution < 1.29 is 4.39 Å². The Morgan fingerprint density at radius 3 is 2.83 bits per heavy atom. The first kappa shape index (κ1) is 17.1. The number of rotatable bonds is 4. The van der Waals surface area contributed by atoms with Crippen molar-refractivity contribution in [3.63, 3.8) is 0 Å². The third-order valence-electron chi connectivity index (χ3n) is 4.67. The summed E-state index contributed by atoms with van der Waals surface area (Å²) >= 11 is 0. The number of hydrogen-bond donors (Lipinski definition) is 2. The summed E-state index contributed by atoms with van der Waals surface area (Å²) in [6, 6.07) is 14.2. The highest BCUT2D eigenvalue weighted by Gasteiger charge is 2.08. The highest BCUT2D eigenvalue weighted by atomic mass is 19.1. The van der Waals surface area contributed by atoms with Crippen molar-refractivity contribution in [1.82, 2.24) is 24.7 Å². The van der Waals surface area contributed by atoms with Crippen LogP contribution in [0.3, 0.4) is 0 Å². The first-order valence-electron chi connectivity index (χ1n) is 8.99. The van der Waals surface area contributed by atoms with Crippen molar-refractivity contribution in [3.8, 4) is 0 Å². The molecule has 0 radical (unpaired) electrons. The average molecular weight is 385 g/mol. The summed E-state index contributed by atoms with van der Waals surface area (Å²) in [4.78, 5) is 12.6. The largest absolute Gasteiger partial charge is 0.384 e. The lowest BCUT2D eigenvalue weighted by Gasteiger charge is -2.09. The van der Waals surface area contributed by atoms with Crippen molar-refractivity contribution >= 4 is 39.1 Å². The first-order chi connectivity index (χ1) is 14.2. The number of benzene rings is 2. The molecule has 2 aromatic carbocycles. The fourth-order valence-electron chi connectivity index (χ4n) is 3.31. The molecule has 3 N–H and O–H groups in total. The number of nitrogens with one attached hydrogen (secondary N) is 1. The van der Waals surface area contributed by atoms with E-state index < -0.39 is 0 Å². The Labute approximate surface area is 165 Å². The van der Waals surface area contributed by atoms with Crippen molar-refractivity contribution in [2.75, 3.05) is 11.1 Å². The molecule has 5 aromatic rings.